The standard InChI is InChI=1S/C10H6Se2.6CH3.2Sn/c1-3-9(11-7-1)5-6-10-4-2-8-12-10;;;;;;;;/h1-6H;6*1H3;;/b6-5+;;;;;;;;. The van der Waals surface area contributed by atoms with E-state index < -0.39 is 36.8 Å². The molecular formula is C16H24Se2Sn2. The minimum atomic E-state index is -1.79. The van der Waals surface area contributed by atoms with Crippen molar-refractivity contribution >= 4 is 82.8 Å². The van der Waals surface area contributed by atoms with Gasteiger partial charge >= 0.3 is 146 Å². The summed E-state index contributed by atoms with van der Waals surface area (Å²) in [7, 11) is 0. The first kappa shape index (κ1) is 17.7. The summed E-state index contributed by atoms with van der Waals surface area (Å²) < 4.78 is 6.79. The maximum atomic E-state index is 2.53. The van der Waals surface area contributed by atoms with Crippen molar-refractivity contribution in [2.24, 2.45) is 0 Å². The van der Waals surface area contributed by atoms with Crippen LogP contribution in [0.1, 0.15) is 8.87 Å². The third-order valence-electron chi connectivity index (χ3n) is 3.14. The van der Waals surface area contributed by atoms with E-state index in [0.29, 0.717) is 29.0 Å². The molecule has 2 aromatic heterocycles. The number of hydrogen-bond donors (Lipinski definition) is 0. The van der Waals surface area contributed by atoms with Crippen molar-refractivity contribution in [1.82, 2.24) is 0 Å². The van der Waals surface area contributed by atoms with Crippen LogP contribution in [0.2, 0.25) is 29.6 Å². The molecule has 2 rings (SSSR count). The number of rotatable bonds is 4. The van der Waals surface area contributed by atoms with Crippen LogP contribution >= 0.6 is 0 Å². The second-order valence-corrected chi connectivity index (χ2v) is 45.3. The van der Waals surface area contributed by atoms with Gasteiger partial charge in [0, 0.05) is 0 Å². The predicted molar refractivity (Wildman–Crippen MR) is 102 cm³/mol. The first-order valence-corrected chi connectivity index (χ1v) is 30.5. The van der Waals surface area contributed by atoms with Gasteiger partial charge in [0.2, 0.25) is 0 Å². The fourth-order valence-corrected chi connectivity index (χ4v) is 21.8. The van der Waals surface area contributed by atoms with Crippen LogP contribution < -0.4 is 4.91 Å². The van der Waals surface area contributed by atoms with E-state index in [1.165, 1.54) is 0 Å². The van der Waals surface area contributed by atoms with Crippen molar-refractivity contribution in [2.75, 3.05) is 0 Å². The van der Waals surface area contributed by atoms with Gasteiger partial charge in [-0.25, -0.2) is 0 Å². The van der Waals surface area contributed by atoms with Crippen LogP contribution in [0.4, 0.5) is 0 Å². The van der Waals surface area contributed by atoms with E-state index in [4.69, 9.17) is 0 Å². The van der Waals surface area contributed by atoms with Crippen molar-refractivity contribution < 1.29 is 0 Å². The Morgan fingerprint density at radius 1 is 0.650 bits per heavy atom. The topological polar surface area (TPSA) is 0 Å². The molecule has 20 heavy (non-hydrogen) atoms. The Bertz CT molecular complexity index is 553. The molecule has 0 N–H and O–H groups in total. The van der Waals surface area contributed by atoms with Gasteiger partial charge in [0.05, 0.1) is 0 Å². The normalized spacial score (nSPS) is 13.3. The quantitative estimate of drug-likeness (QED) is 0.467. The summed E-state index contributed by atoms with van der Waals surface area (Å²) in [5, 5.41) is 0. The Hall–Kier alpha value is 1.34. The molecule has 0 saturated carbocycles. The Morgan fingerprint density at radius 3 is 1.25 bits per heavy atom. The summed E-state index contributed by atoms with van der Waals surface area (Å²) in [6, 6.07) is 9.60. The first-order valence-electron chi connectivity index (χ1n) is 7.05. The van der Waals surface area contributed by atoms with Crippen LogP contribution in [0, 0.1) is 0 Å². The van der Waals surface area contributed by atoms with Crippen LogP contribution in [0.15, 0.2) is 24.3 Å². The molecule has 0 radical (unpaired) electrons. The van der Waals surface area contributed by atoms with E-state index in [1.54, 1.807) is 8.87 Å². The van der Waals surface area contributed by atoms with Gasteiger partial charge < -0.3 is 0 Å². The Labute approximate surface area is 143 Å². The first-order chi connectivity index (χ1) is 9.16. The average Bonchev–Trinajstić information content (AvgIpc) is 2.94. The van der Waals surface area contributed by atoms with Gasteiger partial charge in [-0.2, -0.15) is 0 Å². The second kappa shape index (κ2) is 6.84. The molecule has 0 atom stereocenters. The molecule has 2 heterocycles. The molecule has 0 aliphatic carbocycles. The predicted octanol–water partition coefficient (Wildman–Crippen LogP) is 3.06. The zero-order chi connectivity index (χ0) is 15.0. The molecule has 0 saturated heterocycles. The van der Waals surface area contributed by atoms with Crippen LogP contribution in [0.3, 0.4) is 0 Å². The minimum absolute atomic E-state index is 0.622. The second-order valence-electron chi connectivity index (χ2n) is 7.24. The van der Waals surface area contributed by atoms with E-state index in [2.05, 4.69) is 66.1 Å². The van der Waals surface area contributed by atoms with Crippen molar-refractivity contribution in [3.8, 4) is 0 Å². The van der Waals surface area contributed by atoms with Gasteiger partial charge in [0.25, 0.3) is 0 Å². The molecular weight excluding hydrogens is 588 g/mol. The van der Waals surface area contributed by atoms with E-state index in [-0.39, 0.29) is 0 Å². The maximum absolute atomic E-state index is 2.53. The van der Waals surface area contributed by atoms with E-state index in [1.807, 2.05) is 4.91 Å². The van der Waals surface area contributed by atoms with Crippen LogP contribution in [0.25, 0.3) is 12.2 Å². The Morgan fingerprint density at radius 2 is 1.00 bits per heavy atom. The Kier molecular flexibility index (Phi) is 6.05. The molecule has 0 aliphatic rings. The van der Waals surface area contributed by atoms with Crippen molar-refractivity contribution in [1.29, 1.82) is 0 Å². The molecule has 0 aromatic carbocycles. The fraction of sp³-hybridized carbons (Fsp3) is 0.375. The zero-order valence-corrected chi connectivity index (χ0v) is 22.4. The van der Waals surface area contributed by atoms with Crippen molar-refractivity contribution in [3.05, 3.63) is 33.1 Å². The van der Waals surface area contributed by atoms with Crippen LogP contribution in [0.5, 0.6) is 0 Å². The van der Waals surface area contributed by atoms with Crippen LogP contribution in [-0.4, -0.2) is 65.8 Å². The molecule has 108 valence electrons. The van der Waals surface area contributed by atoms with Gasteiger partial charge in [-0.1, -0.05) is 0 Å². The zero-order valence-electron chi connectivity index (χ0n) is 13.3. The number of hydrogen-bond acceptors (Lipinski definition) is 0. The Balaban J connectivity index is 2.14. The monoisotopic (exact) mass is 616 g/mol. The van der Waals surface area contributed by atoms with Gasteiger partial charge in [0.15, 0.2) is 0 Å². The summed E-state index contributed by atoms with van der Waals surface area (Å²) in [5.41, 5.74) is 0. The van der Waals surface area contributed by atoms with Crippen molar-refractivity contribution in [2.45, 2.75) is 29.6 Å². The molecule has 0 aliphatic heterocycles. The molecule has 2 aromatic rings. The molecule has 0 fully saturated rings. The molecule has 0 nitrogen and oxygen atoms in total. The molecule has 0 spiro atoms. The summed E-state index contributed by atoms with van der Waals surface area (Å²) >= 11 is -2.34. The summed E-state index contributed by atoms with van der Waals surface area (Å²) in [5.74, 6) is 0. The summed E-state index contributed by atoms with van der Waals surface area (Å²) in [6.07, 6.45) is 4.79. The third kappa shape index (κ3) is 4.92. The average molecular weight is 612 g/mol. The van der Waals surface area contributed by atoms with Crippen LogP contribution in [-0.2, 0) is 0 Å². The third-order valence-corrected chi connectivity index (χ3v) is 36.4. The van der Waals surface area contributed by atoms with Gasteiger partial charge in [0.1, 0.15) is 0 Å². The van der Waals surface area contributed by atoms with E-state index >= 15 is 0 Å². The fourth-order valence-electron chi connectivity index (χ4n) is 1.86. The van der Waals surface area contributed by atoms with E-state index in [0.717, 1.165) is 0 Å². The summed E-state index contributed by atoms with van der Waals surface area (Å²) in [6.45, 7) is 0. The molecule has 0 bridgehead atoms. The van der Waals surface area contributed by atoms with Crippen molar-refractivity contribution in [3.63, 3.8) is 0 Å². The molecule has 0 amide bonds. The molecule has 4 heteroatoms. The van der Waals surface area contributed by atoms with Gasteiger partial charge in [-0.3, -0.25) is 0 Å². The van der Waals surface area contributed by atoms with Gasteiger partial charge in [-0.05, 0) is 0 Å². The molecule has 0 unspecified atom stereocenters. The summed E-state index contributed by atoms with van der Waals surface area (Å²) in [4.78, 5) is 15.2. The van der Waals surface area contributed by atoms with Gasteiger partial charge in [-0.15, -0.1) is 0 Å². The SMILES string of the molecule is [CH3][Sn]([CH3])([CH3])[c]1ccc(/C=C/c2cc[c]([Sn]([CH3])([CH3])[CH3])[se]2)[se]1. The van der Waals surface area contributed by atoms with E-state index in [9.17, 15) is 0 Å².